The van der Waals surface area contributed by atoms with Crippen molar-refractivity contribution in [3.05, 3.63) is 36.5 Å². The SMILES string of the molecule is CC/C=C/[C@@H]1C=CCC=CC1. The van der Waals surface area contributed by atoms with Gasteiger partial charge in [-0.1, -0.05) is 43.4 Å². The number of hydrogen-bond donors (Lipinski definition) is 0. The van der Waals surface area contributed by atoms with Crippen LogP contribution in [0.15, 0.2) is 36.5 Å². The summed E-state index contributed by atoms with van der Waals surface area (Å²) in [6.07, 6.45) is 17.0. The molecule has 0 bridgehead atoms. The van der Waals surface area contributed by atoms with Crippen molar-refractivity contribution >= 4 is 0 Å². The van der Waals surface area contributed by atoms with Gasteiger partial charge in [0.25, 0.3) is 0 Å². The van der Waals surface area contributed by atoms with E-state index in [4.69, 9.17) is 0 Å². The molecule has 0 heterocycles. The summed E-state index contributed by atoms with van der Waals surface area (Å²) in [5, 5.41) is 0. The van der Waals surface area contributed by atoms with Crippen LogP contribution in [0.3, 0.4) is 0 Å². The van der Waals surface area contributed by atoms with Crippen LogP contribution < -0.4 is 0 Å². The van der Waals surface area contributed by atoms with Gasteiger partial charge in [-0.05, 0) is 25.2 Å². The number of rotatable bonds is 2. The van der Waals surface area contributed by atoms with E-state index in [1.165, 1.54) is 6.42 Å². The molecular formula is C11H16. The lowest BCUT2D eigenvalue weighted by Gasteiger charge is -2.00. The highest BCUT2D eigenvalue weighted by Gasteiger charge is 1.97. The summed E-state index contributed by atoms with van der Waals surface area (Å²) in [5.74, 6) is 0.647. The first-order valence-electron chi connectivity index (χ1n) is 4.42. The first kappa shape index (κ1) is 8.32. The van der Waals surface area contributed by atoms with Gasteiger partial charge < -0.3 is 0 Å². The summed E-state index contributed by atoms with van der Waals surface area (Å²) in [6.45, 7) is 2.17. The van der Waals surface area contributed by atoms with Crippen LogP contribution in [0.4, 0.5) is 0 Å². The minimum Gasteiger partial charge on any atom is -0.0882 e. The van der Waals surface area contributed by atoms with E-state index >= 15 is 0 Å². The molecule has 0 heteroatoms. The van der Waals surface area contributed by atoms with Gasteiger partial charge in [0, 0.05) is 0 Å². The maximum Gasteiger partial charge on any atom is -0.00189 e. The fraction of sp³-hybridized carbons (Fsp3) is 0.455. The Bertz CT molecular complexity index is 172. The predicted molar refractivity (Wildman–Crippen MR) is 50.4 cm³/mol. The first-order chi connectivity index (χ1) is 5.43. The molecule has 1 aliphatic carbocycles. The standard InChI is InChI=1S/C11H16/c1-2-3-8-11-9-6-4-5-7-10-11/h3-4,6-8,10-11H,2,5,9H2,1H3/b8-3+/t11-/m0/s1. The van der Waals surface area contributed by atoms with Crippen LogP contribution in [0.5, 0.6) is 0 Å². The van der Waals surface area contributed by atoms with Gasteiger partial charge in [-0.25, -0.2) is 0 Å². The van der Waals surface area contributed by atoms with Crippen molar-refractivity contribution in [3.63, 3.8) is 0 Å². The van der Waals surface area contributed by atoms with Crippen LogP contribution in [0.1, 0.15) is 26.2 Å². The van der Waals surface area contributed by atoms with Crippen LogP contribution in [0.2, 0.25) is 0 Å². The molecule has 1 rings (SSSR count). The molecule has 0 spiro atoms. The zero-order valence-electron chi connectivity index (χ0n) is 7.16. The van der Waals surface area contributed by atoms with Crippen molar-refractivity contribution in [2.45, 2.75) is 26.2 Å². The smallest absolute Gasteiger partial charge is 0.00189 e. The van der Waals surface area contributed by atoms with Gasteiger partial charge in [0.2, 0.25) is 0 Å². The monoisotopic (exact) mass is 148 g/mol. The Morgan fingerprint density at radius 1 is 1.36 bits per heavy atom. The van der Waals surface area contributed by atoms with E-state index in [9.17, 15) is 0 Å². The molecule has 1 aliphatic rings. The second-order valence-electron chi connectivity index (χ2n) is 2.87. The van der Waals surface area contributed by atoms with E-state index in [1.807, 2.05) is 0 Å². The maximum atomic E-state index is 2.30. The molecule has 0 aromatic rings. The Labute approximate surface area is 69.3 Å². The fourth-order valence-corrected chi connectivity index (χ4v) is 1.21. The fourth-order valence-electron chi connectivity index (χ4n) is 1.21. The van der Waals surface area contributed by atoms with Gasteiger partial charge in [-0.3, -0.25) is 0 Å². The van der Waals surface area contributed by atoms with Crippen molar-refractivity contribution < 1.29 is 0 Å². The largest absolute Gasteiger partial charge is 0.0882 e. The predicted octanol–water partition coefficient (Wildman–Crippen LogP) is 3.48. The molecule has 0 aromatic carbocycles. The minimum absolute atomic E-state index is 0.647. The second kappa shape index (κ2) is 4.95. The van der Waals surface area contributed by atoms with Gasteiger partial charge >= 0.3 is 0 Å². The Kier molecular flexibility index (Phi) is 3.74. The quantitative estimate of drug-likeness (QED) is 0.526. The van der Waals surface area contributed by atoms with E-state index in [0.29, 0.717) is 5.92 Å². The highest BCUT2D eigenvalue weighted by molar-refractivity contribution is 5.08. The summed E-state index contributed by atoms with van der Waals surface area (Å²) in [4.78, 5) is 0. The van der Waals surface area contributed by atoms with E-state index in [2.05, 4.69) is 43.4 Å². The molecule has 1 atom stereocenters. The highest BCUT2D eigenvalue weighted by Crippen LogP contribution is 2.12. The van der Waals surface area contributed by atoms with Crippen LogP contribution in [0.25, 0.3) is 0 Å². The molecule has 0 saturated carbocycles. The third-order valence-corrected chi connectivity index (χ3v) is 1.85. The van der Waals surface area contributed by atoms with Gasteiger partial charge in [0.05, 0.1) is 0 Å². The zero-order valence-corrected chi connectivity index (χ0v) is 7.16. The van der Waals surface area contributed by atoms with Gasteiger partial charge in [-0.2, -0.15) is 0 Å². The maximum absolute atomic E-state index is 2.30. The van der Waals surface area contributed by atoms with Gasteiger partial charge in [-0.15, -0.1) is 0 Å². The van der Waals surface area contributed by atoms with Crippen LogP contribution >= 0.6 is 0 Å². The zero-order chi connectivity index (χ0) is 7.94. The second-order valence-corrected chi connectivity index (χ2v) is 2.87. The molecule has 0 aliphatic heterocycles. The average Bonchev–Trinajstić information content (AvgIpc) is 2.28. The Balaban J connectivity index is 2.44. The van der Waals surface area contributed by atoms with Gasteiger partial charge in [0.1, 0.15) is 0 Å². The molecule has 0 amide bonds. The molecule has 60 valence electrons. The van der Waals surface area contributed by atoms with Crippen molar-refractivity contribution in [1.82, 2.24) is 0 Å². The lowest BCUT2D eigenvalue weighted by atomic mass is 10.1. The van der Waals surface area contributed by atoms with Crippen molar-refractivity contribution in [1.29, 1.82) is 0 Å². The average molecular weight is 148 g/mol. The molecule has 0 saturated heterocycles. The van der Waals surface area contributed by atoms with E-state index < -0.39 is 0 Å². The summed E-state index contributed by atoms with van der Waals surface area (Å²) >= 11 is 0. The van der Waals surface area contributed by atoms with Crippen molar-refractivity contribution in [2.75, 3.05) is 0 Å². The minimum atomic E-state index is 0.647. The van der Waals surface area contributed by atoms with Crippen LogP contribution in [0, 0.1) is 5.92 Å². The molecular weight excluding hydrogens is 132 g/mol. The lowest BCUT2D eigenvalue weighted by molar-refractivity contribution is 0.830. The Morgan fingerprint density at radius 2 is 2.27 bits per heavy atom. The normalized spacial score (nSPS) is 24.3. The third kappa shape index (κ3) is 3.22. The molecule has 11 heavy (non-hydrogen) atoms. The van der Waals surface area contributed by atoms with E-state index in [1.54, 1.807) is 0 Å². The summed E-state index contributed by atoms with van der Waals surface area (Å²) in [6, 6.07) is 0. The number of hydrogen-bond acceptors (Lipinski definition) is 0. The highest BCUT2D eigenvalue weighted by atomic mass is 14.0. The summed E-state index contributed by atoms with van der Waals surface area (Å²) in [7, 11) is 0. The Morgan fingerprint density at radius 3 is 3.09 bits per heavy atom. The van der Waals surface area contributed by atoms with Crippen LogP contribution in [-0.2, 0) is 0 Å². The number of allylic oxidation sites excluding steroid dienone is 6. The lowest BCUT2D eigenvalue weighted by Crippen LogP contribution is -1.86. The molecule has 0 N–H and O–H groups in total. The molecule has 0 radical (unpaired) electrons. The van der Waals surface area contributed by atoms with Crippen molar-refractivity contribution in [2.24, 2.45) is 5.92 Å². The van der Waals surface area contributed by atoms with Gasteiger partial charge in [0.15, 0.2) is 0 Å². The molecule has 0 fully saturated rings. The summed E-state index contributed by atoms with van der Waals surface area (Å²) < 4.78 is 0. The third-order valence-electron chi connectivity index (χ3n) is 1.85. The van der Waals surface area contributed by atoms with E-state index in [-0.39, 0.29) is 0 Å². The van der Waals surface area contributed by atoms with E-state index in [0.717, 1.165) is 12.8 Å². The molecule has 0 aromatic heterocycles. The molecule has 0 nitrogen and oxygen atoms in total. The van der Waals surface area contributed by atoms with Crippen molar-refractivity contribution in [3.8, 4) is 0 Å². The van der Waals surface area contributed by atoms with Crippen LogP contribution in [-0.4, -0.2) is 0 Å². The summed E-state index contributed by atoms with van der Waals surface area (Å²) in [5.41, 5.74) is 0. The topological polar surface area (TPSA) is 0 Å². The first-order valence-corrected chi connectivity index (χ1v) is 4.42. The Hall–Kier alpha value is -0.780. The molecule has 0 unspecified atom stereocenters.